The predicted octanol–water partition coefficient (Wildman–Crippen LogP) is -0.581. The minimum atomic E-state index is 0. The molecule has 0 saturated heterocycles. The van der Waals surface area contributed by atoms with Gasteiger partial charge in [-0.2, -0.15) is 0 Å². The Balaban J connectivity index is 0. The van der Waals surface area contributed by atoms with Crippen molar-refractivity contribution in [3.63, 3.8) is 0 Å². The van der Waals surface area contributed by atoms with Gasteiger partial charge in [0.1, 0.15) is 4.32 Å². The molecule has 0 heterocycles. The summed E-state index contributed by atoms with van der Waals surface area (Å²) in [5, 5.41) is 3.16. The van der Waals surface area contributed by atoms with E-state index in [-0.39, 0.29) is 51.4 Å². The van der Waals surface area contributed by atoms with Gasteiger partial charge in [0.15, 0.2) is 5.11 Å². The van der Waals surface area contributed by atoms with Gasteiger partial charge in [-0.25, -0.2) is 0 Å². The van der Waals surface area contributed by atoms with Crippen LogP contribution in [0.25, 0.3) is 0 Å². The second-order valence-electron chi connectivity index (χ2n) is 1.13. The summed E-state index contributed by atoms with van der Waals surface area (Å²) in [5.41, 5.74) is 5.12. The van der Waals surface area contributed by atoms with Crippen LogP contribution < -0.4 is 16.2 Å². The molecule has 0 aliphatic heterocycles. The van der Waals surface area contributed by atoms with Gasteiger partial charge in [-0.15, -0.1) is 12.6 Å². The van der Waals surface area contributed by atoms with Crippen LogP contribution in [0.2, 0.25) is 0 Å². The van der Waals surface area contributed by atoms with Gasteiger partial charge in [0.25, 0.3) is 0 Å². The standard InChI is InChI=1S/C3H7N3S3.K/c1-4-2(7)5-6-3(8)9;/h1H3,(H2,4,5,7)(H2,6,8,9);. The third-order valence-corrected chi connectivity index (χ3v) is 1.03. The third kappa shape index (κ3) is 9.57. The first-order valence-corrected chi connectivity index (χ1v) is 3.40. The first-order chi connectivity index (χ1) is 4.16. The molecule has 0 bridgehead atoms. The van der Waals surface area contributed by atoms with Crippen LogP contribution in [0.15, 0.2) is 0 Å². The van der Waals surface area contributed by atoms with Crippen LogP contribution in [0.3, 0.4) is 0 Å². The van der Waals surface area contributed by atoms with Crippen molar-refractivity contribution >= 4 is 97.9 Å². The molecule has 0 saturated carbocycles. The number of hydrogen-bond donors (Lipinski definition) is 4. The van der Waals surface area contributed by atoms with Gasteiger partial charge in [-0.1, -0.05) is 12.2 Å². The first-order valence-electron chi connectivity index (χ1n) is 2.13. The van der Waals surface area contributed by atoms with Crippen LogP contribution >= 0.6 is 37.1 Å². The maximum absolute atomic E-state index is 4.70. The Hall–Kier alpha value is 1.57. The number of rotatable bonds is 0. The summed E-state index contributed by atoms with van der Waals surface area (Å²) in [5.74, 6) is 0. The van der Waals surface area contributed by atoms with Crippen LogP contribution in [0.5, 0.6) is 0 Å². The predicted molar refractivity (Wildman–Crippen MR) is 55.3 cm³/mol. The second kappa shape index (κ2) is 8.66. The Morgan fingerprint density at radius 1 is 1.30 bits per heavy atom. The quantitative estimate of drug-likeness (QED) is 0.190. The summed E-state index contributed by atoms with van der Waals surface area (Å²) >= 11 is 13.0. The van der Waals surface area contributed by atoms with Gasteiger partial charge in [0, 0.05) is 58.4 Å². The molecule has 0 unspecified atom stereocenters. The first kappa shape index (κ1) is 14.1. The Morgan fingerprint density at radius 2 is 1.80 bits per heavy atom. The fourth-order valence-corrected chi connectivity index (χ4v) is 0.331. The molecule has 7 heteroatoms. The van der Waals surface area contributed by atoms with Crippen molar-refractivity contribution in [2.24, 2.45) is 0 Å². The van der Waals surface area contributed by atoms with Crippen molar-refractivity contribution in [1.82, 2.24) is 16.2 Å². The molecule has 0 atom stereocenters. The van der Waals surface area contributed by atoms with Crippen molar-refractivity contribution in [2.75, 3.05) is 7.05 Å². The van der Waals surface area contributed by atoms with Crippen LogP contribution in [0, 0.1) is 0 Å². The summed E-state index contributed by atoms with van der Waals surface area (Å²) in [6, 6.07) is 0. The molecule has 10 heavy (non-hydrogen) atoms. The smallest absolute Gasteiger partial charge is 0.184 e. The minimum Gasteiger partial charge on any atom is -0.364 e. The van der Waals surface area contributed by atoms with E-state index >= 15 is 0 Å². The molecule has 0 amide bonds. The maximum atomic E-state index is 4.70. The average Bonchev–Trinajstić information content (AvgIpc) is 1.83. The number of thiocarbonyl (C=S) groups is 2. The van der Waals surface area contributed by atoms with E-state index in [0.29, 0.717) is 9.43 Å². The molecule has 0 aromatic heterocycles. The van der Waals surface area contributed by atoms with Gasteiger partial charge in [-0.3, -0.25) is 10.9 Å². The molecule has 0 aliphatic carbocycles. The molecule has 0 aliphatic rings. The third-order valence-electron chi connectivity index (χ3n) is 0.510. The Kier molecular flexibility index (Phi) is 12.2. The van der Waals surface area contributed by atoms with Gasteiger partial charge in [0.2, 0.25) is 0 Å². The maximum Gasteiger partial charge on any atom is 0.184 e. The molecule has 3 N–H and O–H groups in total. The van der Waals surface area contributed by atoms with E-state index in [1.165, 1.54) is 0 Å². The largest absolute Gasteiger partial charge is 0.364 e. The van der Waals surface area contributed by atoms with E-state index in [9.17, 15) is 0 Å². The molecule has 0 aromatic rings. The van der Waals surface area contributed by atoms with Crippen molar-refractivity contribution in [3.05, 3.63) is 0 Å². The Morgan fingerprint density at radius 3 is 2.10 bits per heavy atom. The molecule has 0 fully saturated rings. The molecule has 53 valence electrons. The summed E-state index contributed by atoms with van der Waals surface area (Å²) in [4.78, 5) is 0. The summed E-state index contributed by atoms with van der Waals surface area (Å²) in [7, 11) is 1.71. The minimum absolute atomic E-state index is 0. The number of hydrogen-bond acceptors (Lipinski definition) is 2. The van der Waals surface area contributed by atoms with Crippen LogP contribution in [0.1, 0.15) is 0 Å². The van der Waals surface area contributed by atoms with E-state index in [1.807, 2.05) is 0 Å². The van der Waals surface area contributed by atoms with Crippen molar-refractivity contribution < 1.29 is 0 Å². The van der Waals surface area contributed by atoms with Crippen molar-refractivity contribution in [3.8, 4) is 0 Å². The number of hydrazine groups is 1. The van der Waals surface area contributed by atoms with Crippen LogP contribution in [-0.4, -0.2) is 67.9 Å². The zero-order chi connectivity index (χ0) is 7.28. The molecule has 0 spiro atoms. The van der Waals surface area contributed by atoms with E-state index < -0.39 is 0 Å². The second-order valence-corrected chi connectivity index (χ2v) is 2.70. The Bertz CT molecular complexity index is 128. The number of nitrogens with one attached hydrogen (secondary N) is 3. The summed E-state index contributed by atoms with van der Waals surface area (Å²) in [6.45, 7) is 0. The van der Waals surface area contributed by atoms with E-state index in [2.05, 4.69) is 41.0 Å². The van der Waals surface area contributed by atoms with Crippen LogP contribution in [-0.2, 0) is 0 Å². The fraction of sp³-hybridized carbons (Fsp3) is 0.333. The zero-order valence-electron chi connectivity index (χ0n) is 5.76. The molecular weight excluding hydrogens is 213 g/mol. The van der Waals surface area contributed by atoms with E-state index in [4.69, 9.17) is 12.2 Å². The van der Waals surface area contributed by atoms with Gasteiger partial charge in [-0.05, 0) is 12.2 Å². The zero-order valence-corrected chi connectivity index (χ0v) is 11.4. The van der Waals surface area contributed by atoms with Gasteiger partial charge in [0.05, 0.1) is 0 Å². The topological polar surface area (TPSA) is 36.1 Å². The van der Waals surface area contributed by atoms with Gasteiger partial charge < -0.3 is 5.32 Å². The number of thiol groups is 1. The summed E-state index contributed by atoms with van der Waals surface area (Å²) in [6.07, 6.45) is 0. The average molecular weight is 220 g/mol. The molecule has 1 radical (unpaired) electrons. The van der Waals surface area contributed by atoms with Crippen LogP contribution in [0.4, 0.5) is 0 Å². The fourth-order valence-electron chi connectivity index (χ4n) is 0.173. The monoisotopic (exact) mass is 220 g/mol. The molecule has 3 nitrogen and oxygen atoms in total. The van der Waals surface area contributed by atoms with Crippen molar-refractivity contribution in [2.45, 2.75) is 0 Å². The summed E-state index contributed by atoms with van der Waals surface area (Å²) < 4.78 is 0.354. The molecular formula is C3H7KN3S3. The van der Waals surface area contributed by atoms with E-state index in [0.717, 1.165) is 0 Å². The SMILES string of the molecule is CNC(=S)NNC(=S)S.[K]. The van der Waals surface area contributed by atoms with E-state index in [1.54, 1.807) is 7.05 Å². The van der Waals surface area contributed by atoms with Gasteiger partial charge >= 0.3 is 0 Å². The molecule has 0 rings (SSSR count). The van der Waals surface area contributed by atoms with Crippen molar-refractivity contribution in [1.29, 1.82) is 0 Å². The normalized spacial score (nSPS) is 7.00. The molecule has 0 aromatic carbocycles. The Labute approximate surface area is 119 Å².